The fourth-order valence-electron chi connectivity index (χ4n) is 7.32. The van der Waals surface area contributed by atoms with E-state index in [-0.39, 0.29) is 0 Å². The molecule has 43 heavy (non-hydrogen) atoms. The summed E-state index contributed by atoms with van der Waals surface area (Å²) >= 11 is 0. The molecule has 0 aromatic rings. The molecule has 0 heteroatoms. The van der Waals surface area contributed by atoms with Gasteiger partial charge in [0, 0.05) is 0 Å². The lowest BCUT2D eigenvalue weighted by molar-refractivity contribution is 0.374. The van der Waals surface area contributed by atoms with Gasteiger partial charge in [-0.2, -0.15) is 0 Å². The van der Waals surface area contributed by atoms with Gasteiger partial charge in [-0.1, -0.05) is 253 Å². The Hall–Kier alpha value is 0. The van der Waals surface area contributed by atoms with Gasteiger partial charge in [0.25, 0.3) is 0 Å². The van der Waals surface area contributed by atoms with Crippen molar-refractivity contribution in [2.75, 3.05) is 0 Å². The molecule has 0 bridgehead atoms. The van der Waals surface area contributed by atoms with Crippen LogP contribution < -0.4 is 0 Å². The van der Waals surface area contributed by atoms with Crippen molar-refractivity contribution in [2.45, 2.75) is 253 Å². The predicted molar refractivity (Wildman–Crippen MR) is 200 cm³/mol. The number of unbranched alkanes of at least 4 members (excludes halogenated alkanes) is 20. The third-order valence-electron chi connectivity index (χ3n) is 10.8. The molecule has 0 saturated heterocycles. The highest BCUT2D eigenvalue weighted by Crippen LogP contribution is 2.24. The second kappa shape index (κ2) is 34.9. The van der Waals surface area contributed by atoms with E-state index >= 15 is 0 Å². The molecule has 0 N–H and O–H groups in total. The second-order valence-corrected chi connectivity index (χ2v) is 15.9. The van der Waals surface area contributed by atoms with Crippen LogP contribution in [0.25, 0.3) is 0 Å². The zero-order valence-corrected chi connectivity index (χ0v) is 31.6. The Morgan fingerprint density at radius 3 is 0.651 bits per heavy atom. The normalized spacial score (nSPS) is 14.7. The van der Waals surface area contributed by atoms with E-state index in [1.54, 1.807) is 0 Å². The Labute approximate surface area is 276 Å². The Balaban J connectivity index is 3.34. The van der Waals surface area contributed by atoms with Crippen LogP contribution in [-0.4, -0.2) is 0 Å². The van der Waals surface area contributed by atoms with E-state index in [0.717, 1.165) is 23.7 Å². The summed E-state index contributed by atoms with van der Waals surface area (Å²) in [6.45, 7) is 14.6. The first-order chi connectivity index (χ1) is 21.0. The van der Waals surface area contributed by atoms with Crippen LogP contribution in [-0.2, 0) is 0 Å². The van der Waals surface area contributed by atoms with Crippen molar-refractivity contribution >= 4 is 0 Å². The van der Waals surface area contributed by atoms with Crippen LogP contribution in [0.1, 0.15) is 253 Å². The molecule has 0 fully saturated rings. The van der Waals surface area contributed by atoms with Gasteiger partial charge in [0.15, 0.2) is 0 Å². The fourth-order valence-corrected chi connectivity index (χ4v) is 7.32. The number of rotatable bonds is 36. The summed E-state index contributed by atoms with van der Waals surface area (Å²) in [5, 5.41) is 0. The van der Waals surface area contributed by atoms with Gasteiger partial charge in [-0.05, 0) is 23.7 Å². The minimum absolute atomic E-state index is 0.942. The summed E-state index contributed by atoms with van der Waals surface area (Å²) in [6, 6.07) is 0. The van der Waals surface area contributed by atoms with Crippen LogP contribution >= 0.6 is 0 Å². The molecular weight excluding hydrogens is 516 g/mol. The van der Waals surface area contributed by atoms with E-state index < -0.39 is 0 Å². The minimum Gasteiger partial charge on any atom is -0.0654 e. The van der Waals surface area contributed by atoms with Gasteiger partial charge in [0.1, 0.15) is 0 Å². The van der Waals surface area contributed by atoms with Crippen molar-refractivity contribution in [3.8, 4) is 0 Å². The van der Waals surface area contributed by atoms with Crippen molar-refractivity contribution < 1.29 is 0 Å². The third kappa shape index (κ3) is 34.7. The molecule has 0 aromatic heterocycles. The number of hydrogen-bond donors (Lipinski definition) is 0. The van der Waals surface area contributed by atoms with Crippen molar-refractivity contribution in [3.05, 3.63) is 0 Å². The molecule has 4 unspecified atom stereocenters. The first-order valence-electron chi connectivity index (χ1n) is 21.0. The van der Waals surface area contributed by atoms with E-state index in [1.165, 1.54) is 212 Å². The second-order valence-electron chi connectivity index (χ2n) is 15.9. The Morgan fingerprint density at radius 2 is 0.395 bits per heavy atom. The average molecular weight is 605 g/mol. The molecule has 0 aliphatic heterocycles. The van der Waals surface area contributed by atoms with Crippen LogP contribution in [0.4, 0.5) is 0 Å². The van der Waals surface area contributed by atoms with E-state index in [0.29, 0.717) is 0 Å². The molecule has 0 aromatic carbocycles. The molecule has 0 saturated carbocycles. The molecule has 0 aliphatic rings. The monoisotopic (exact) mass is 605 g/mol. The molecule has 0 nitrogen and oxygen atoms in total. The first kappa shape index (κ1) is 43.0. The van der Waals surface area contributed by atoms with E-state index in [1.807, 2.05) is 0 Å². The van der Waals surface area contributed by atoms with Gasteiger partial charge in [-0.15, -0.1) is 0 Å². The fraction of sp³-hybridized carbons (Fsp3) is 1.00. The molecule has 0 radical (unpaired) electrons. The van der Waals surface area contributed by atoms with Crippen molar-refractivity contribution in [3.63, 3.8) is 0 Å². The quantitative estimate of drug-likeness (QED) is 0.0624. The van der Waals surface area contributed by atoms with Crippen LogP contribution in [0.5, 0.6) is 0 Å². The van der Waals surface area contributed by atoms with Gasteiger partial charge in [-0.3, -0.25) is 0 Å². The van der Waals surface area contributed by atoms with E-state index in [9.17, 15) is 0 Å². The van der Waals surface area contributed by atoms with Crippen molar-refractivity contribution in [1.29, 1.82) is 0 Å². The zero-order valence-electron chi connectivity index (χ0n) is 31.6. The highest BCUT2D eigenvalue weighted by Gasteiger charge is 2.08. The molecule has 0 rings (SSSR count). The average Bonchev–Trinajstić information content (AvgIpc) is 2.99. The molecule has 0 heterocycles. The maximum absolute atomic E-state index is 2.52. The smallest absolute Gasteiger partial charge is 0.0443 e. The lowest BCUT2D eigenvalue weighted by Gasteiger charge is -2.16. The van der Waals surface area contributed by atoms with E-state index in [4.69, 9.17) is 0 Å². The van der Waals surface area contributed by atoms with Gasteiger partial charge in [-0.25, -0.2) is 0 Å². The standard InChI is InChI=1S/C43H88/c1-7-9-11-12-13-14-15-16-17-18-19-20-21-22-24-27-33-41(4)34-28-25-23-26-29-35-42(5)37-31-39-43(6)38-30-36-40(3)32-10-8-2/h40-43H,7-39H2,1-6H3. The number of hydrogen-bond acceptors (Lipinski definition) is 0. The lowest BCUT2D eigenvalue weighted by Crippen LogP contribution is -2.01. The summed E-state index contributed by atoms with van der Waals surface area (Å²) in [5.74, 6) is 3.79. The van der Waals surface area contributed by atoms with Gasteiger partial charge < -0.3 is 0 Å². The highest BCUT2D eigenvalue weighted by atomic mass is 14.1. The lowest BCUT2D eigenvalue weighted by atomic mass is 9.90. The minimum atomic E-state index is 0.942. The summed E-state index contributed by atoms with van der Waals surface area (Å²) in [7, 11) is 0. The van der Waals surface area contributed by atoms with E-state index in [2.05, 4.69) is 41.5 Å². The molecule has 260 valence electrons. The van der Waals surface area contributed by atoms with Crippen LogP contribution in [0, 0.1) is 23.7 Å². The molecule has 0 aliphatic carbocycles. The zero-order chi connectivity index (χ0) is 31.6. The molecule has 4 atom stereocenters. The Morgan fingerprint density at radius 1 is 0.209 bits per heavy atom. The SMILES string of the molecule is CCCCCCCCCCCCCCCCCCC(C)CCCCCCCC(C)CCCC(C)CCCC(C)CCCC. The maximum atomic E-state index is 2.52. The van der Waals surface area contributed by atoms with Crippen LogP contribution in [0.15, 0.2) is 0 Å². The third-order valence-corrected chi connectivity index (χ3v) is 10.8. The highest BCUT2D eigenvalue weighted by molar-refractivity contribution is 4.61. The van der Waals surface area contributed by atoms with Crippen LogP contribution in [0.3, 0.4) is 0 Å². The molecule has 0 spiro atoms. The van der Waals surface area contributed by atoms with Gasteiger partial charge in [0.05, 0.1) is 0 Å². The van der Waals surface area contributed by atoms with Gasteiger partial charge in [0.2, 0.25) is 0 Å². The first-order valence-corrected chi connectivity index (χ1v) is 21.0. The molecule has 0 amide bonds. The van der Waals surface area contributed by atoms with Crippen molar-refractivity contribution in [2.24, 2.45) is 23.7 Å². The Kier molecular flexibility index (Phi) is 34.9. The topological polar surface area (TPSA) is 0 Å². The van der Waals surface area contributed by atoms with Crippen molar-refractivity contribution in [1.82, 2.24) is 0 Å². The largest absolute Gasteiger partial charge is 0.0654 e. The van der Waals surface area contributed by atoms with Crippen LogP contribution in [0.2, 0.25) is 0 Å². The Bertz CT molecular complexity index is 494. The van der Waals surface area contributed by atoms with Gasteiger partial charge >= 0.3 is 0 Å². The summed E-state index contributed by atoms with van der Waals surface area (Å²) < 4.78 is 0. The summed E-state index contributed by atoms with van der Waals surface area (Å²) in [4.78, 5) is 0. The molecular formula is C43H88. The summed E-state index contributed by atoms with van der Waals surface area (Å²) in [5.41, 5.74) is 0. The summed E-state index contributed by atoms with van der Waals surface area (Å²) in [6.07, 6.45) is 48.4. The maximum Gasteiger partial charge on any atom is -0.0443 e. The predicted octanol–water partition coefficient (Wildman–Crippen LogP) is 16.4.